The van der Waals surface area contributed by atoms with Crippen molar-refractivity contribution in [3.63, 3.8) is 0 Å². The highest BCUT2D eigenvalue weighted by Gasteiger charge is 2.27. The fraction of sp³-hybridized carbons (Fsp3) is 0.133. The van der Waals surface area contributed by atoms with Crippen LogP contribution in [0.1, 0.15) is 16.5 Å². The molecule has 0 heterocycles. The second kappa shape index (κ2) is 6.49. The van der Waals surface area contributed by atoms with Crippen LogP contribution < -0.4 is 5.32 Å². The standard InChI is InChI=1S/C15H14FNO3S/c16-14-8-6-13(7-9-14)15(17-11-18)21(19,20)10-12-4-2-1-3-5-12/h1-9,11,15H,10H2,(H,17,18). The van der Waals surface area contributed by atoms with Gasteiger partial charge in [0.05, 0.1) is 5.75 Å². The van der Waals surface area contributed by atoms with Crippen LogP contribution in [0.3, 0.4) is 0 Å². The summed E-state index contributed by atoms with van der Waals surface area (Å²) in [6.45, 7) is 0. The average Bonchev–Trinajstić information content (AvgIpc) is 2.46. The Hall–Kier alpha value is -2.21. The molecule has 110 valence electrons. The van der Waals surface area contributed by atoms with Gasteiger partial charge < -0.3 is 5.32 Å². The summed E-state index contributed by atoms with van der Waals surface area (Å²) >= 11 is 0. The Labute approximate surface area is 122 Å². The summed E-state index contributed by atoms with van der Waals surface area (Å²) in [7, 11) is -3.67. The molecule has 0 aliphatic heterocycles. The van der Waals surface area contributed by atoms with E-state index < -0.39 is 21.0 Å². The number of carbonyl (C=O) groups excluding carboxylic acids is 1. The summed E-state index contributed by atoms with van der Waals surface area (Å²) in [5.41, 5.74) is 0.941. The van der Waals surface area contributed by atoms with E-state index in [4.69, 9.17) is 0 Å². The van der Waals surface area contributed by atoms with Gasteiger partial charge in [-0.1, -0.05) is 42.5 Å². The van der Waals surface area contributed by atoms with E-state index in [2.05, 4.69) is 5.32 Å². The highest BCUT2D eigenvalue weighted by atomic mass is 32.2. The predicted molar refractivity (Wildman–Crippen MR) is 77.4 cm³/mol. The van der Waals surface area contributed by atoms with Gasteiger partial charge in [0.2, 0.25) is 6.41 Å². The third kappa shape index (κ3) is 3.88. The molecule has 4 nitrogen and oxygen atoms in total. The van der Waals surface area contributed by atoms with Crippen molar-refractivity contribution in [1.82, 2.24) is 5.32 Å². The Balaban J connectivity index is 2.32. The molecule has 0 aliphatic carbocycles. The fourth-order valence-electron chi connectivity index (χ4n) is 2.00. The minimum absolute atomic E-state index is 0.212. The zero-order chi connectivity index (χ0) is 15.3. The van der Waals surface area contributed by atoms with Crippen molar-refractivity contribution < 1.29 is 17.6 Å². The molecule has 0 saturated heterocycles. The highest BCUT2D eigenvalue weighted by Crippen LogP contribution is 2.23. The van der Waals surface area contributed by atoms with Crippen molar-refractivity contribution in [2.45, 2.75) is 11.1 Å². The van der Waals surface area contributed by atoms with Crippen LogP contribution in [0.15, 0.2) is 54.6 Å². The lowest BCUT2D eigenvalue weighted by molar-refractivity contribution is -0.109. The van der Waals surface area contributed by atoms with Crippen molar-refractivity contribution in [2.24, 2.45) is 0 Å². The molecular formula is C15H14FNO3S. The van der Waals surface area contributed by atoms with E-state index in [-0.39, 0.29) is 5.75 Å². The molecule has 1 atom stereocenters. The molecule has 21 heavy (non-hydrogen) atoms. The molecule has 1 amide bonds. The molecule has 2 aromatic rings. The Morgan fingerprint density at radius 1 is 1.05 bits per heavy atom. The van der Waals surface area contributed by atoms with Gasteiger partial charge in [-0.15, -0.1) is 0 Å². The summed E-state index contributed by atoms with van der Waals surface area (Å²) in [5.74, 6) is -0.680. The summed E-state index contributed by atoms with van der Waals surface area (Å²) in [6, 6.07) is 13.7. The maximum absolute atomic E-state index is 12.9. The molecule has 0 fully saturated rings. The molecule has 2 aromatic carbocycles. The minimum atomic E-state index is -3.67. The van der Waals surface area contributed by atoms with Gasteiger partial charge in [-0.25, -0.2) is 12.8 Å². The molecule has 0 saturated carbocycles. The van der Waals surface area contributed by atoms with E-state index in [1.807, 2.05) is 0 Å². The molecule has 6 heteroatoms. The predicted octanol–water partition coefficient (Wildman–Crippen LogP) is 2.19. The number of hydrogen-bond acceptors (Lipinski definition) is 3. The first-order valence-corrected chi connectivity index (χ1v) is 7.95. The second-order valence-electron chi connectivity index (χ2n) is 4.51. The maximum Gasteiger partial charge on any atom is 0.208 e. The van der Waals surface area contributed by atoms with Crippen LogP contribution in [0.25, 0.3) is 0 Å². The molecule has 1 unspecified atom stereocenters. The van der Waals surface area contributed by atoms with Crippen molar-refractivity contribution >= 4 is 16.2 Å². The highest BCUT2D eigenvalue weighted by molar-refractivity contribution is 7.90. The van der Waals surface area contributed by atoms with E-state index in [0.29, 0.717) is 17.5 Å². The van der Waals surface area contributed by atoms with Crippen molar-refractivity contribution in [3.05, 3.63) is 71.5 Å². The molecule has 0 spiro atoms. The van der Waals surface area contributed by atoms with Crippen LogP contribution >= 0.6 is 0 Å². The topological polar surface area (TPSA) is 63.2 Å². The third-order valence-corrected chi connectivity index (χ3v) is 4.82. The fourth-order valence-corrected chi connectivity index (χ4v) is 3.65. The number of benzene rings is 2. The van der Waals surface area contributed by atoms with Gasteiger partial charge in [-0.05, 0) is 23.3 Å². The normalized spacial score (nSPS) is 12.6. The summed E-state index contributed by atoms with van der Waals surface area (Å²) < 4.78 is 37.9. The van der Waals surface area contributed by atoms with Gasteiger partial charge in [0.25, 0.3) is 0 Å². The Bertz CT molecular complexity index is 699. The molecule has 0 bridgehead atoms. The van der Waals surface area contributed by atoms with E-state index in [1.165, 1.54) is 12.1 Å². The molecule has 0 aromatic heterocycles. The van der Waals surface area contributed by atoms with Crippen molar-refractivity contribution in [2.75, 3.05) is 0 Å². The molecular weight excluding hydrogens is 293 g/mol. The number of nitrogens with one attached hydrogen (secondary N) is 1. The van der Waals surface area contributed by atoms with Gasteiger partial charge in [-0.3, -0.25) is 4.79 Å². The van der Waals surface area contributed by atoms with E-state index >= 15 is 0 Å². The summed E-state index contributed by atoms with van der Waals surface area (Å²) in [5, 5.41) is 1.09. The van der Waals surface area contributed by atoms with Gasteiger partial charge >= 0.3 is 0 Å². The van der Waals surface area contributed by atoms with Crippen LogP contribution in [-0.4, -0.2) is 14.8 Å². The zero-order valence-electron chi connectivity index (χ0n) is 11.1. The number of carbonyl (C=O) groups is 1. The molecule has 0 radical (unpaired) electrons. The van der Waals surface area contributed by atoms with Gasteiger partial charge in [0.1, 0.15) is 5.82 Å². The first kappa shape index (κ1) is 15.2. The zero-order valence-corrected chi connectivity index (χ0v) is 11.9. The SMILES string of the molecule is O=CNC(c1ccc(F)cc1)S(=O)(=O)Cc1ccccc1. The van der Waals surface area contributed by atoms with Crippen LogP contribution in [-0.2, 0) is 20.4 Å². The first-order chi connectivity index (χ1) is 10.0. The lowest BCUT2D eigenvalue weighted by Gasteiger charge is -2.17. The van der Waals surface area contributed by atoms with Crippen LogP contribution in [0, 0.1) is 5.82 Å². The Kier molecular flexibility index (Phi) is 4.70. The average molecular weight is 307 g/mol. The minimum Gasteiger partial charge on any atom is -0.339 e. The number of halogens is 1. The van der Waals surface area contributed by atoms with Crippen LogP contribution in [0.2, 0.25) is 0 Å². The smallest absolute Gasteiger partial charge is 0.208 e. The van der Waals surface area contributed by atoms with Gasteiger partial charge in [0, 0.05) is 0 Å². The largest absolute Gasteiger partial charge is 0.339 e. The molecule has 2 rings (SSSR count). The summed E-state index contributed by atoms with van der Waals surface area (Å²) in [6.07, 6.45) is 0.330. The number of amides is 1. The van der Waals surface area contributed by atoms with E-state index in [1.54, 1.807) is 30.3 Å². The van der Waals surface area contributed by atoms with Crippen molar-refractivity contribution in [1.29, 1.82) is 0 Å². The van der Waals surface area contributed by atoms with E-state index in [0.717, 1.165) is 12.1 Å². The maximum atomic E-state index is 12.9. The monoisotopic (exact) mass is 307 g/mol. The second-order valence-corrected chi connectivity index (χ2v) is 6.59. The Morgan fingerprint density at radius 2 is 1.67 bits per heavy atom. The van der Waals surface area contributed by atoms with Gasteiger partial charge in [-0.2, -0.15) is 0 Å². The van der Waals surface area contributed by atoms with Gasteiger partial charge in [0.15, 0.2) is 15.2 Å². The summed E-state index contributed by atoms with van der Waals surface area (Å²) in [4.78, 5) is 10.7. The molecule has 0 aliphatic rings. The number of rotatable bonds is 6. The quantitative estimate of drug-likeness (QED) is 0.832. The lowest BCUT2D eigenvalue weighted by atomic mass is 10.2. The van der Waals surface area contributed by atoms with Crippen LogP contribution in [0.4, 0.5) is 4.39 Å². The van der Waals surface area contributed by atoms with Crippen LogP contribution in [0.5, 0.6) is 0 Å². The Morgan fingerprint density at radius 3 is 2.24 bits per heavy atom. The lowest BCUT2D eigenvalue weighted by Crippen LogP contribution is -2.28. The number of sulfone groups is 1. The van der Waals surface area contributed by atoms with E-state index in [9.17, 15) is 17.6 Å². The number of hydrogen-bond donors (Lipinski definition) is 1. The molecule has 1 N–H and O–H groups in total. The third-order valence-electron chi connectivity index (χ3n) is 2.96. The first-order valence-electron chi connectivity index (χ1n) is 6.23. The van der Waals surface area contributed by atoms with Crippen molar-refractivity contribution in [3.8, 4) is 0 Å².